The van der Waals surface area contributed by atoms with E-state index >= 15 is 0 Å². The third-order valence-electron chi connectivity index (χ3n) is 7.03. The zero-order valence-corrected chi connectivity index (χ0v) is 30.4. The van der Waals surface area contributed by atoms with Crippen molar-refractivity contribution in [2.45, 2.75) is 39.3 Å². The van der Waals surface area contributed by atoms with Crippen LogP contribution in [0.15, 0.2) is 75.7 Å². The first-order chi connectivity index (χ1) is 21.7. The number of hydrogen-bond donors (Lipinski definition) is 0. The quantitative estimate of drug-likeness (QED) is 0.125. The molecule has 0 bridgehead atoms. The fourth-order valence-electron chi connectivity index (χ4n) is 5.08. The summed E-state index contributed by atoms with van der Waals surface area (Å²) in [7, 11) is 1.53. The lowest BCUT2D eigenvalue weighted by atomic mass is 9.93. The Labute approximate surface area is 295 Å². The second-order valence-electron chi connectivity index (χ2n) is 9.99. The van der Waals surface area contributed by atoms with Gasteiger partial charge >= 0.3 is 5.97 Å². The van der Waals surface area contributed by atoms with Gasteiger partial charge in [-0.2, -0.15) is 0 Å². The number of rotatable bonds is 10. The third kappa shape index (κ3) is 7.15. The molecule has 1 aliphatic heterocycles. The predicted molar refractivity (Wildman–Crippen MR) is 190 cm³/mol. The average Bonchev–Trinajstić information content (AvgIpc) is 3.31. The van der Waals surface area contributed by atoms with Crippen molar-refractivity contribution in [3.05, 3.63) is 120 Å². The van der Waals surface area contributed by atoms with Gasteiger partial charge in [0.05, 0.1) is 33.1 Å². The van der Waals surface area contributed by atoms with E-state index < -0.39 is 12.0 Å². The molecule has 0 fully saturated rings. The Morgan fingerprint density at radius 1 is 1.16 bits per heavy atom. The van der Waals surface area contributed by atoms with Gasteiger partial charge < -0.3 is 14.2 Å². The van der Waals surface area contributed by atoms with Gasteiger partial charge in [-0.05, 0) is 101 Å². The van der Waals surface area contributed by atoms with Gasteiger partial charge in [0.1, 0.15) is 30.0 Å². The fourth-order valence-corrected chi connectivity index (χ4v) is 8.32. The maximum Gasteiger partial charge on any atom is 0.338 e. The maximum atomic E-state index is 14.4. The van der Waals surface area contributed by atoms with E-state index in [-0.39, 0.29) is 30.2 Å². The molecule has 0 saturated heterocycles. The van der Waals surface area contributed by atoms with Gasteiger partial charge in [0.25, 0.3) is 5.56 Å². The molecule has 0 unspecified atom stereocenters. The summed E-state index contributed by atoms with van der Waals surface area (Å²) < 4.78 is 35.3. The van der Waals surface area contributed by atoms with E-state index in [0.29, 0.717) is 54.7 Å². The first kappa shape index (κ1) is 33.6. The highest BCUT2D eigenvalue weighted by Crippen LogP contribution is 2.38. The van der Waals surface area contributed by atoms with Gasteiger partial charge in [-0.3, -0.25) is 9.36 Å². The summed E-state index contributed by atoms with van der Waals surface area (Å²) in [6, 6.07) is 14.5. The lowest BCUT2D eigenvalue weighted by Gasteiger charge is -2.27. The number of ether oxygens (including phenoxy) is 3. The summed E-state index contributed by atoms with van der Waals surface area (Å²) in [4.78, 5) is 33.1. The number of allylic oxidation sites excluding steroid dienone is 1. The van der Waals surface area contributed by atoms with E-state index in [4.69, 9.17) is 30.8 Å². The van der Waals surface area contributed by atoms with Crippen molar-refractivity contribution < 1.29 is 23.4 Å². The average molecular weight is 873 g/mol. The van der Waals surface area contributed by atoms with Crippen molar-refractivity contribution >= 4 is 80.2 Å². The van der Waals surface area contributed by atoms with Crippen LogP contribution in [0.5, 0.6) is 11.5 Å². The molecule has 2 heterocycles. The highest BCUT2D eigenvalue weighted by molar-refractivity contribution is 14.1. The SMILES string of the molecule is CCCC1=C(C(=O)OCC)[C@H](c2cc(Cl)ccc2OC)n2c(s/c(=C/c3cc(I)cc(I)c3OCc3ccccc3F)c2=O)=N1. The molecule has 0 spiro atoms. The van der Waals surface area contributed by atoms with E-state index in [2.05, 4.69) is 45.2 Å². The summed E-state index contributed by atoms with van der Waals surface area (Å²) in [5, 5.41) is 0.426. The molecule has 7 nitrogen and oxygen atoms in total. The van der Waals surface area contributed by atoms with Crippen LogP contribution < -0.4 is 24.4 Å². The number of fused-ring (bicyclic) bond motifs is 1. The molecular formula is C33H28ClFI2N2O5S. The van der Waals surface area contributed by atoms with Crippen LogP contribution in [0, 0.1) is 13.0 Å². The van der Waals surface area contributed by atoms with Crippen LogP contribution >= 0.6 is 68.1 Å². The molecule has 1 aliphatic rings. The number of carbonyl (C=O) groups is 1. The molecule has 0 radical (unpaired) electrons. The van der Waals surface area contributed by atoms with Crippen molar-refractivity contribution in [2.75, 3.05) is 13.7 Å². The number of aromatic nitrogens is 1. The Hall–Kier alpha value is -2.75. The van der Waals surface area contributed by atoms with Gasteiger partial charge in [0.15, 0.2) is 4.80 Å². The highest BCUT2D eigenvalue weighted by Gasteiger charge is 2.36. The van der Waals surface area contributed by atoms with Crippen LogP contribution in [-0.4, -0.2) is 24.3 Å². The monoisotopic (exact) mass is 872 g/mol. The molecule has 5 rings (SSSR count). The Morgan fingerprint density at radius 3 is 2.64 bits per heavy atom. The Balaban J connectivity index is 1.73. The zero-order chi connectivity index (χ0) is 32.2. The number of nitrogens with zero attached hydrogens (tertiary/aromatic N) is 2. The number of esters is 1. The van der Waals surface area contributed by atoms with E-state index in [1.165, 1.54) is 29.1 Å². The van der Waals surface area contributed by atoms with Crippen molar-refractivity contribution in [1.29, 1.82) is 0 Å². The van der Waals surface area contributed by atoms with Gasteiger partial charge in [0.2, 0.25) is 0 Å². The predicted octanol–water partition coefficient (Wildman–Crippen LogP) is 7.17. The minimum absolute atomic E-state index is 0.0171. The summed E-state index contributed by atoms with van der Waals surface area (Å²) in [6.07, 6.45) is 2.98. The van der Waals surface area contributed by atoms with Crippen molar-refractivity contribution in [3.8, 4) is 11.5 Å². The second-order valence-corrected chi connectivity index (χ2v) is 13.8. The van der Waals surface area contributed by atoms with Crippen LogP contribution in [-0.2, 0) is 16.1 Å². The molecule has 4 aromatic rings. The van der Waals surface area contributed by atoms with Gasteiger partial charge in [-0.1, -0.05) is 54.5 Å². The van der Waals surface area contributed by atoms with E-state index in [1.54, 1.807) is 49.4 Å². The van der Waals surface area contributed by atoms with Crippen molar-refractivity contribution in [3.63, 3.8) is 0 Å². The third-order valence-corrected chi connectivity index (χ3v) is 9.67. The van der Waals surface area contributed by atoms with Crippen molar-refractivity contribution in [1.82, 2.24) is 4.57 Å². The maximum absolute atomic E-state index is 14.4. The lowest BCUT2D eigenvalue weighted by Crippen LogP contribution is -2.40. The smallest absolute Gasteiger partial charge is 0.338 e. The highest BCUT2D eigenvalue weighted by atomic mass is 127. The topological polar surface area (TPSA) is 79.1 Å². The molecule has 0 amide bonds. The summed E-state index contributed by atoms with van der Waals surface area (Å²) >= 11 is 12.0. The summed E-state index contributed by atoms with van der Waals surface area (Å²) in [5.74, 6) is 0.0817. The summed E-state index contributed by atoms with van der Waals surface area (Å²) in [6.45, 7) is 3.91. The zero-order valence-electron chi connectivity index (χ0n) is 24.5. The van der Waals surface area contributed by atoms with E-state index in [0.717, 1.165) is 13.6 Å². The normalized spacial score (nSPS) is 14.6. The molecule has 0 saturated carbocycles. The Kier molecular flexibility index (Phi) is 11.0. The lowest BCUT2D eigenvalue weighted by molar-refractivity contribution is -0.139. The number of halogens is 4. The van der Waals surface area contributed by atoms with Crippen LogP contribution in [0.25, 0.3) is 6.08 Å². The van der Waals surface area contributed by atoms with Gasteiger partial charge in [0, 0.05) is 25.3 Å². The molecule has 12 heteroatoms. The van der Waals surface area contributed by atoms with Crippen LogP contribution in [0.1, 0.15) is 49.4 Å². The fraction of sp³-hybridized carbons (Fsp3) is 0.242. The number of hydrogen-bond acceptors (Lipinski definition) is 7. The molecule has 3 aromatic carbocycles. The number of thiazole rings is 1. The molecule has 0 N–H and O–H groups in total. The first-order valence-electron chi connectivity index (χ1n) is 14.1. The van der Waals surface area contributed by atoms with E-state index in [9.17, 15) is 14.0 Å². The van der Waals surface area contributed by atoms with E-state index in [1.807, 2.05) is 19.1 Å². The minimum Gasteiger partial charge on any atom is -0.496 e. The molecular weight excluding hydrogens is 845 g/mol. The molecule has 1 atom stereocenters. The Morgan fingerprint density at radius 2 is 1.93 bits per heavy atom. The Bertz CT molecular complexity index is 1990. The molecule has 234 valence electrons. The molecule has 1 aromatic heterocycles. The van der Waals surface area contributed by atoms with Crippen LogP contribution in [0.3, 0.4) is 0 Å². The standard InChI is InChI=1S/C33H28ClFI2N2O5S/c1-4-8-25-28(32(41)43-5-2)29(22-15-20(34)11-12-26(22)42-3)39-31(40)27(45-33(39)38-25)14-19-13-21(36)16-24(37)30(19)44-17-18-9-6-7-10-23(18)35/h6-7,9-16,29H,4-5,8,17H2,1-3H3/b27-14+/t29-/m0/s1. The van der Waals surface area contributed by atoms with Gasteiger partial charge in [-0.15, -0.1) is 0 Å². The molecule has 0 aliphatic carbocycles. The van der Waals surface area contributed by atoms with Crippen molar-refractivity contribution in [2.24, 2.45) is 4.99 Å². The molecule has 45 heavy (non-hydrogen) atoms. The van der Waals surface area contributed by atoms with Crippen LogP contribution in [0.4, 0.5) is 4.39 Å². The largest absolute Gasteiger partial charge is 0.496 e. The number of methoxy groups -OCH3 is 1. The second kappa shape index (κ2) is 14.8. The minimum atomic E-state index is -0.884. The summed E-state index contributed by atoms with van der Waals surface area (Å²) in [5.41, 5.74) is 2.09. The number of carbonyl (C=O) groups excluding carboxylic acids is 1. The first-order valence-corrected chi connectivity index (χ1v) is 17.4. The number of benzene rings is 3. The van der Waals surface area contributed by atoms with Crippen LogP contribution in [0.2, 0.25) is 5.02 Å². The van der Waals surface area contributed by atoms with Gasteiger partial charge in [-0.25, -0.2) is 14.2 Å².